The van der Waals surface area contributed by atoms with Gasteiger partial charge in [0.2, 0.25) is 0 Å². The molecule has 0 aliphatic rings. The predicted octanol–water partition coefficient (Wildman–Crippen LogP) is 6.22. The Bertz CT molecular complexity index is 366. The van der Waals surface area contributed by atoms with Crippen molar-refractivity contribution >= 4 is 31.9 Å². The van der Waals surface area contributed by atoms with E-state index in [4.69, 9.17) is 0 Å². The van der Waals surface area contributed by atoms with Crippen LogP contribution >= 0.6 is 31.9 Å². The van der Waals surface area contributed by atoms with E-state index in [0.29, 0.717) is 6.04 Å². The van der Waals surface area contributed by atoms with Gasteiger partial charge in [0.1, 0.15) is 0 Å². The van der Waals surface area contributed by atoms with Crippen LogP contribution < -0.4 is 5.32 Å². The highest BCUT2D eigenvalue weighted by molar-refractivity contribution is 9.11. The summed E-state index contributed by atoms with van der Waals surface area (Å²) in [7, 11) is 0. The van der Waals surface area contributed by atoms with E-state index in [2.05, 4.69) is 69.2 Å². The minimum absolute atomic E-state index is 0.467. The highest BCUT2D eigenvalue weighted by Gasteiger charge is 2.13. The maximum Gasteiger partial charge on any atom is 0.0331 e. The predicted molar refractivity (Wildman–Crippen MR) is 91.6 cm³/mol. The van der Waals surface area contributed by atoms with Gasteiger partial charge < -0.3 is 5.32 Å². The molecular formula is C16H25Br2N. The van der Waals surface area contributed by atoms with Gasteiger partial charge in [-0.05, 0) is 30.7 Å². The molecule has 0 heterocycles. The van der Waals surface area contributed by atoms with Crippen LogP contribution in [-0.4, -0.2) is 6.54 Å². The number of hydrogen-bond acceptors (Lipinski definition) is 1. The average molecular weight is 391 g/mol. The van der Waals surface area contributed by atoms with Gasteiger partial charge in [0.25, 0.3) is 0 Å². The maximum absolute atomic E-state index is 3.68. The fraction of sp³-hybridized carbons (Fsp3) is 0.625. The monoisotopic (exact) mass is 389 g/mol. The molecule has 0 saturated heterocycles. The third kappa shape index (κ3) is 6.42. The van der Waals surface area contributed by atoms with Crippen LogP contribution in [0.25, 0.3) is 0 Å². The van der Waals surface area contributed by atoms with Gasteiger partial charge in [0.05, 0.1) is 0 Å². The van der Waals surface area contributed by atoms with Gasteiger partial charge in [-0.25, -0.2) is 0 Å². The highest BCUT2D eigenvalue weighted by atomic mass is 79.9. The van der Waals surface area contributed by atoms with Crippen molar-refractivity contribution in [1.29, 1.82) is 0 Å². The van der Waals surface area contributed by atoms with Gasteiger partial charge in [-0.2, -0.15) is 0 Å². The zero-order chi connectivity index (χ0) is 14.1. The lowest BCUT2D eigenvalue weighted by molar-refractivity contribution is 0.477. The van der Waals surface area contributed by atoms with E-state index in [-0.39, 0.29) is 0 Å². The summed E-state index contributed by atoms with van der Waals surface area (Å²) in [6.45, 7) is 5.46. The van der Waals surface area contributed by atoms with Crippen LogP contribution in [0.3, 0.4) is 0 Å². The van der Waals surface area contributed by atoms with Crippen LogP contribution in [0, 0.1) is 0 Å². The Hall–Kier alpha value is 0.140. The second-order valence-electron chi connectivity index (χ2n) is 4.98. The third-order valence-corrected chi connectivity index (χ3v) is 4.56. The van der Waals surface area contributed by atoms with Gasteiger partial charge >= 0.3 is 0 Å². The lowest BCUT2D eigenvalue weighted by atomic mass is 10.00. The van der Waals surface area contributed by atoms with Gasteiger partial charge in [-0.3, -0.25) is 0 Å². The number of benzene rings is 1. The first kappa shape index (κ1) is 17.2. The fourth-order valence-corrected chi connectivity index (χ4v) is 3.67. The Morgan fingerprint density at radius 3 is 2.42 bits per heavy atom. The molecule has 19 heavy (non-hydrogen) atoms. The summed E-state index contributed by atoms with van der Waals surface area (Å²) < 4.78 is 2.32. The summed E-state index contributed by atoms with van der Waals surface area (Å²) in [5, 5.41) is 3.60. The lowest BCUT2D eigenvalue weighted by Gasteiger charge is -2.20. The summed E-state index contributed by atoms with van der Waals surface area (Å²) in [6.07, 6.45) is 7.93. The van der Waals surface area contributed by atoms with Gasteiger partial charge in [0, 0.05) is 15.0 Å². The molecule has 1 rings (SSSR count). The second-order valence-corrected chi connectivity index (χ2v) is 6.75. The molecule has 0 bridgehead atoms. The van der Waals surface area contributed by atoms with Crippen LogP contribution in [0.2, 0.25) is 0 Å². The molecule has 0 aromatic heterocycles. The SMILES string of the molecule is CCCCCCCC(NCC)c1ccc(Br)cc1Br. The molecule has 1 N–H and O–H groups in total. The van der Waals surface area contributed by atoms with E-state index in [1.54, 1.807) is 0 Å². The topological polar surface area (TPSA) is 12.0 Å². The Morgan fingerprint density at radius 2 is 1.79 bits per heavy atom. The number of hydrogen-bond donors (Lipinski definition) is 1. The number of unbranched alkanes of at least 4 members (excludes halogenated alkanes) is 4. The maximum atomic E-state index is 3.68. The number of halogens is 2. The molecule has 1 atom stereocenters. The molecule has 1 nitrogen and oxygen atoms in total. The molecule has 3 heteroatoms. The summed E-state index contributed by atoms with van der Waals surface area (Å²) in [5.74, 6) is 0. The standard InChI is InChI=1S/C16H25Br2N/c1-3-5-6-7-8-9-16(19-4-2)14-11-10-13(17)12-15(14)18/h10-12,16,19H,3-9H2,1-2H3. The van der Waals surface area contributed by atoms with E-state index in [0.717, 1.165) is 11.0 Å². The van der Waals surface area contributed by atoms with Crippen molar-refractivity contribution in [3.8, 4) is 0 Å². The summed E-state index contributed by atoms with van der Waals surface area (Å²) in [6, 6.07) is 6.94. The molecule has 1 aromatic rings. The van der Waals surface area contributed by atoms with E-state index in [9.17, 15) is 0 Å². The van der Waals surface area contributed by atoms with Crippen molar-refractivity contribution < 1.29 is 0 Å². The van der Waals surface area contributed by atoms with E-state index in [1.165, 1.54) is 48.6 Å². The van der Waals surface area contributed by atoms with Gasteiger partial charge in [-0.15, -0.1) is 0 Å². The third-order valence-electron chi connectivity index (χ3n) is 3.38. The zero-order valence-electron chi connectivity index (χ0n) is 12.0. The normalized spacial score (nSPS) is 12.6. The molecule has 0 amide bonds. The molecule has 0 aliphatic heterocycles. The quantitative estimate of drug-likeness (QED) is 0.493. The molecule has 0 fully saturated rings. The van der Waals surface area contributed by atoms with Crippen molar-refractivity contribution in [2.24, 2.45) is 0 Å². The Morgan fingerprint density at radius 1 is 1.05 bits per heavy atom. The van der Waals surface area contributed by atoms with Crippen LogP contribution in [0.5, 0.6) is 0 Å². The average Bonchev–Trinajstić information content (AvgIpc) is 2.38. The fourth-order valence-electron chi connectivity index (χ4n) is 2.35. The number of nitrogens with one attached hydrogen (secondary N) is 1. The summed E-state index contributed by atoms with van der Waals surface area (Å²) >= 11 is 7.20. The zero-order valence-corrected chi connectivity index (χ0v) is 15.2. The van der Waals surface area contributed by atoms with Crippen molar-refractivity contribution in [3.05, 3.63) is 32.7 Å². The van der Waals surface area contributed by atoms with Crippen LogP contribution in [0.4, 0.5) is 0 Å². The first-order valence-corrected chi connectivity index (χ1v) is 8.96. The smallest absolute Gasteiger partial charge is 0.0331 e. The highest BCUT2D eigenvalue weighted by Crippen LogP contribution is 2.29. The van der Waals surface area contributed by atoms with E-state index < -0.39 is 0 Å². The largest absolute Gasteiger partial charge is 0.310 e. The molecule has 0 radical (unpaired) electrons. The first-order valence-electron chi connectivity index (χ1n) is 7.37. The Kier molecular flexibility index (Phi) is 9.01. The van der Waals surface area contributed by atoms with E-state index >= 15 is 0 Å². The molecular weight excluding hydrogens is 366 g/mol. The molecule has 108 valence electrons. The molecule has 0 aliphatic carbocycles. The second kappa shape index (κ2) is 9.95. The molecule has 1 aromatic carbocycles. The minimum atomic E-state index is 0.467. The van der Waals surface area contributed by atoms with Crippen molar-refractivity contribution in [2.45, 2.75) is 58.4 Å². The molecule has 0 saturated carbocycles. The molecule has 0 spiro atoms. The molecule has 1 unspecified atom stereocenters. The summed E-state index contributed by atoms with van der Waals surface area (Å²) in [5.41, 5.74) is 1.38. The minimum Gasteiger partial charge on any atom is -0.310 e. The Balaban J connectivity index is 2.55. The van der Waals surface area contributed by atoms with Gasteiger partial charge in [-0.1, -0.05) is 83.9 Å². The van der Waals surface area contributed by atoms with Crippen LogP contribution in [0.1, 0.15) is 64.0 Å². The van der Waals surface area contributed by atoms with Crippen molar-refractivity contribution in [2.75, 3.05) is 6.54 Å². The van der Waals surface area contributed by atoms with Crippen LogP contribution in [0.15, 0.2) is 27.1 Å². The first-order chi connectivity index (χ1) is 9.19. The van der Waals surface area contributed by atoms with Crippen molar-refractivity contribution in [3.63, 3.8) is 0 Å². The Labute approximate surface area is 134 Å². The summed E-state index contributed by atoms with van der Waals surface area (Å²) in [4.78, 5) is 0. The van der Waals surface area contributed by atoms with Gasteiger partial charge in [0.15, 0.2) is 0 Å². The van der Waals surface area contributed by atoms with Crippen molar-refractivity contribution in [1.82, 2.24) is 5.32 Å². The number of rotatable bonds is 9. The van der Waals surface area contributed by atoms with E-state index in [1.807, 2.05) is 0 Å². The lowest BCUT2D eigenvalue weighted by Crippen LogP contribution is -2.21. The van der Waals surface area contributed by atoms with Crippen LogP contribution in [-0.2, 0) is 0 Å².